The number of carbonyl (C=O) groups excluding carboxylic acids is 1. The molecule has 0 bridgehead atoms. The summed E-state index contributed by atoms with van der Waals surface area (Å²) < 4.78 is 5.84. The minimum Gasteiger partial charge on any atom is -0.478 e. The SMILES string of the molecule is O=C(CCc1ccc(C(=O)O)cc1)NC[C@H]1CCO[C@@H]1c1ccccc1. The number of ether oxygens (including phenoxy) is 1. The van der Waals surface area contributed by atoms with Crippen molar-refractivity contribution in [3.05, 3.63) is 71.3 Å². The van der Waals surface area contributed by atoms with Crippen LogP contribution in [-0.4, -0.2) is 30.1 Å². The molecule has 2 N–H and O–H groups in total. The molecule has 0 aromatic heterocycles. The molecule has 136 valence electrons. The number of aromatic carboxylic acids is 1. The van der Waals surface area contributed by atoms with Crippen LogP contribution in [0, 0.1) is 5.92 Å². The zero-order chi connectivity index (χ0) is 18.4. The maximum atomic E-state index is 12.1. The summed E-state index contributed by atoms with van der Waals surface area (Å²) in [6.45, 7) is 1.33. The topological polar surface area (TPSA) is 75.6 Å². The Morgan fingerprint density at radius 3 is 2.50 bits per heavy atom. The molecule has 2 atom stereocenters. The average molecular weight is 353 g/mol. The molecule has 1 saturated heterocycles. The van der Waals surface area contributed by atoms with Crippen molar-refractivity contribution in [2.75, 3.05) is 13.2 Å². The molecule has 0 aliphatic carbocycles. The third-order valence-electron chi connectivity index (χ3n) is 4.75. The lowest BCUT2D eigenvalue weighted by molar-refractivity contribution is -0.121. The number of hydrogen-bond donors (Lipinski definition) is 2. The average Bonchev–Trinajstić information content (AvgIpc) is 3.14. The van der Waals surface area contributed by atoms with Crippen LogP contribution in [0.3, 0.4) is 0 Å². The van der Waals surface area contributed by atoms with Crippen molar-refractivity contribution >= 4 is 11.9 Å². The molecule has 3 rings (SSSR count). The normalized spacial score (nSPS) is 19.2. The van der Waals surface area contributed by atoms with Crippen LogP contribution in [0.2, 0.25) is 0 Å². The van der Waals surface area contributed by atoms with Gasteiger partial charge in [-0.3, -0.25) is 4.79 Å². The highest BCUT2D eigenvalue weighted by molar-refractivity contribution is 5.87. The summed E-state index contributed by atoms with van der Waals surface area (Å²) >= 11 is 0. The van der Waals surface area contributed by atoms with Gasteiger partial charge in [0.15, 0.2) is 0 Å². The summed E-state index contributed by atoms with van der Waals surface area (Å²) in [6.07, 6.45) is 1.96. The molecule has 2 aromatic carbocycles. The molecule has 0 saturated carbocycles. The Morgan fingerprint density at radius 1 is 1.08 bits per heavy atom. The number of hydrogen-bond acceptors (Lipinski definition) is 3. The second-order valence-electron chi connectivity index (χ2n) is 6.56. The van der Waals surface area contributed by atoms with Crippen LogP contribution < -0.4 is 5.32 Å². The predicted molar refractivity (Wildman–Crippen MR) is 98.0 cm³/mol. The fourth-order valence-corrected chi connectivity index (χ4v) is 3.26. The maximum Gasteiger partial charge on any atom is 0.335 e. The smallest absolute Gasteiger partial charge is 0.335 e. The largest absolute Gasteiger partial charge is 0.478 e. The first-order valence-electron chi connectivity index (χ1n) is 8.89. The van der Waals surface area contributed by atoms with Crippen LogP contribution in [-0.2, 0) is 16.0 Å². The molecule has 5 heteroatoms. The van der Waals surface area contributed by atoms with E-state index < -0.39 is 5.97 Å². The highest BCUT2D eigenvalue weighted by Gasteiger charge is 2.29. The molecular formula is C21H23NO4. The van der Waals surface area contributed by atoms with Gasteiger partial charge in [0.05, 0.1) is 11.7 Å². The van der Waals surface area contributed by atoms with Gasteiger partial charge in [0.1, 0.15) is 0 Å². The fraction of sp³-hybridized carbons (Fsp3) is 0.333. The van der Waals surface area contributed by atoms with E-state index in [9.17, 15) is 9.59 Å². The third kappa shape index (κ3) is 4.70. The van der Waals surface area contributed by atoms with E-state index in [0.717, 1.165) is 24.2 Å². The van der Waals surface area contributed by atoms with Gasteiger partial charge in [-0.1, -0.05) is 42.5 Å². The van der Waals surface area contributed by atoms with E-state index in [-0.39, 0.29) is 23.5 Å². The Kier molecular flexibility index (Phi) is 6.02. The van der Waals surface area contributed by atoms with E-state index in [2.05, 4.69) is 17.4 Å². The van der Waals surface area contributed by atoms with E-state index >= 15 is 0 Å². The first-order valence-corrected chi connectivity index (χ1v) is 8.89. The van der Waals surface area contributed by atoms with E-state index in [1.807, 2.05) is 18.2 Å². The lowest BCUT2D eigenvalue weighted by Gasteiger charge is -2.19. The highest BCUT2D eigenvalue weighted by atomic mass is 16.5. The molecule has 26 heavy (non-hydrogen) atoms. The summed E-state index contributed by atoms with van der Waals surface area (Å²) in [5, 5.41) is 11.9. The Morgan fingerprint density at radius 2 is 1.81 bits per heavy atom. The van der Waals surface area contributed by atoms with Crippen LogP contribution in [0.5, 0.6) is 0 Å². The predicted octanol–water partition coefficient (Wildman–Crippen LogP) is 3.21. The van der Waals surface area contributed by atoms with Crippen molar-refractivity contribution < 1.29 is 19.4 Å². The van der Waals surface area contributed by atoms with Crippen molar-refractivity contribution in [2.24, 2.45) is 5.92 Å². The van der Waals surface area contributed by atoms with E-state index in [1.54, 1.807) is 24.3 Å². The number of benzene rings is 2. The van der Waals surface area contributed by atoms with E-state index in [0.29, 0.717) is 19.4 Å². The van der Waals surface area contributed by atoms with Gasteiger partial charge in [-0.05, 0) is 36.1 Å². The molecule has 0 unspecified atom stereocenters. The Labute approximate surface area is 153 Å². The standard InChI is InChI=1S/C21H23NO4/c23-19(11-8-15-6-9-17(10-7-15)21(24)25)22-14-18-12-13-26-20(18)16-4-2-1-3-5-16/h1-7,9-10,18,20H,8,11-14H2,(H,22,23)(H,24,25)/t18-,20-/m1/s1. The quantitative estimate of drug-likeness (QED) is 0.801. The molecule has 0 spiro atoms. The van der Waals surface area contributed by atoms with Crippen LogP contribution >= 0.6 is 0 Å². The van der Waals surface area contributed by atoms with Crippen molar-refractivity contribution in [2.45, 2.75) is 25.4 Å². The molecule has 1 heterocycles. The summed E-state index contributed by atoms with van der Waals surface area (Å²) in [7, 11) is 0. The fourth-order valence-electron chi connectivity index (χ4n) is 3.26. The van der Waals surface area contributed by atoms with E-state index in [1.165, 1.54) is 0 Å². The Balaban J connectivity index is 1.45. The molecule has 1 amide bonds. The first kappa shape index (κ1) is 18.1. The number of amides is 1. The molecule has 5 nitrogen and oxygen atoms in total. The minimum absolute atomic E-state index is 0.00558. The van der Waals surface area contributed by atoms with Crippen LogP contribution in [0.1, 0.15) is 40.4 Å². The number of rotatable bonds is 7. The molecule has 2 aromatic rings. The first-order chi connectivity index (χ1) is 12.6. The Hall–Kier alpha value is -2.66. The Bertz CT molecular complexity index is 742. The summed E-state index contributed by atoms with van der Waals surface area (Å²) in [5.41, 5.74) is 2.37. The van der Waals surface area contributed by atoms with Crippen LogP contribution in [0.15, 0.2) is 54.6 Å². The lowest BCUT2D eigenvalue weighted by atomic mass is 9.95. The van der Waals surface area contributed by atoms with Crippen LogP contribution in [0.25, 0.3) is 0 Å². The number of aryl methyl sites for hydroxylation is 1. The number of carboxylic acid groups (broad SMARTS) is 1. The number of carboxylic acids is 1. The monoisotopic (exact) mass is 353 g/mol. The van der Waals surface area contributed by atoms with Gasteiger partial charge in [0.2, 0.25) is 5.91 Å². The van der Waals surface area contributed by atoms with Crippen molar-refractivity contribution in [3.63, 3.8) is 0 Å². The lowest BCUT2D eigenvalue weighted by Crippen LogP contribution is -2.30. The minimum atomic E-state index is -0.943. The zero-order valence-corrected chi connectivity index (χ0v) is 14.6. The van der Waals surface area contributed by atoms with Crippen molar-refractivity contribution in [3.8, 4) is 0 Å². The molecule has 0 radical (unpaired) electrons. The molecule has 1 fully saturated rings. The van der Waals surface area contributed by atoms with Crippen LogP contribution in [0.4, 0.5) is 0 Å². The van der Waals surface area contributed by atoms with Gasteiger partial charge in [0.25, 0.3) is 0 Å². The number of nitrogens with one attached hydrogen (secondary N) is 1. The second kappa shape index (κ2) is 8.63. The van der Waals surface area contributed by atoms with Gasteiger partial charge >= 0.3 is 5.97 Å². The highest BCUT2D eigenvalue weighted by Crippen LogP contribution is 2.33. The summed E-state index contributed by atoms with van der Waals surface area (Å²) in [6, 6.07) is 16.8. The van der Waals surface area contributed by atoms with Gasteiger partial charge < -0.3 is 15.2 Å². The summed E-state index contributed by atoms with van der Waals surface area (Å²) in [5.74, 6) is -0.650. The molecular weight excluding hydrogens is 330 g/mol. The zero-order valence-electron chi connectivity index (χ0n) is 14.6. The van der Waals surface area contributed by atoms with Gasteiger partial charge in [-0.25, -0.2) is 4.79 Å². The van der Waals surface area contributed by atoms with Gasteiger partial charge in [-0.15, -0.1) is 0 Å². The van der Waals surface area contributed by atoms with Gasteiger partial charge in [0, 0.05) is 25.5 Å². The summed E-state index contributed by atoms with van der Waals surface area (Å²) in [4.78, 5) is 23.0. The van der Waals surface area contributed by atoms with Crippen molar-refractivity contribution in [1.82, 2.24) is 5.32 Å². The van der Waals surface area contributed by atoms with Crippen molar-refractivity contribution in [1.29, 1.82) is 0 Å². The number of carbonyl (C=O) groups is 2. The second-order valence-corrected chi connectivity index (χ2v) is 6.56. The third-order valence-corrected chi connectivity index (χ3v) is 4.75. The van der Waals surface area contributed by atoms with Gasteiger partial charge in [-0.2, -0.15) is 0 Å². The van der Waals surface area contributed by atoms with E-state index in [4.69, 9.17) is 9.84 Å². The maximum absolute atomic E-state index is 12.1. The molecule has 1 aliphatic rings. The molecule has 1 aliphatic heterocycles.